The molecule has 2 N–H and O–H groups in total. The van der Waals surface area contributed by atoms with E-state index in [-0.39, 0.29) is 31.4 Å². The molecule has 33 heavy (non-hydrogen) atoms. The Hall–Kier alpha value is -2.40. The van der Waals surface area contributed by atoms with Gasteiger partial charge in [-0.05, 0) is 55.0 Å². The number of carboxylic acids is 1. The highest BCUT2D eigenvalue weighted by Crippen LogP contribution is 2.35. The molecule has 0 atom stereocenters. The molecule has 0 bridgehead atoms. The maximum Gasteiger partial charge on any atom is 0.303 e. The molecule has 11 heteroatoms. The number of aliphatic carboxylic acids is 1. The Morgan fingerprint density at radius 1 is 1.24 bits per heavy atom. The summed E-state index contributed by atoms with van der Waals surface area (Å²) in [5.41, 5.74) is 1.19. The van der Waals surface area contributed by atoms with Crippen LogP contribution in [0.25, 0.3) is 6.08 Å². The molecular weight excluding hydrogens is 552 g/mol. The molecule has 0 unspecified atom stereocenters. The molecule has 0 spiro atoms. The molecule has 0 saturated carbocycles. The number of hydrogen-bond donors (Lipinski definition) is 2. The van der Waals surface area contributed by atoms with E-state index >= 15 is 0 Å². The second kappa shape index (κ2) is 11.6. The fourth-order valence-corrected chi connectivity index (χ4v) is 4.66. The lowest BCUT2D eigenvalue weighted by Crippen LogP contribution is -2.29. The largest absolute Gasteiger partial charge is 0.483 e. The third kappa shape index (κ3) is 7.29. The van der Waals surface area contributed by atoms with Crippen molar-refractivity contribution in [3.8, 4) is 5.75 Å². The van der Waals surface area contributed by atoms with Gasteiger partial charge in [0.1, 0.15) is 10.1 Å². The molecule has 1 saturated heterocycles. The van der Waals surface area contributed by atoms with E-state index in [9.17, 15) is 14.4 Å². The normalized spacial score (nSPS) is 14.6. The molecule has 172 valence electrons. The zero-order chi connectivity index (χ0) is 24.0. The van der Waals surface area contributed by atoms with E-state index < -0.39 is 5.97 Å². The fourth-order valence-electron chi connectivity index (χ4n) is 2.86. The lowest BCUT2D eigenvalue weighted by atomic mass is 10.2. The Morgan fingerprint density at radius 2 is 1.97 bits per heavy atom. The maximum atomic E-state index is 12.8. The third-order valence-electron chi connectivity index (χ3n) is 4.39. The van der Waals surface area contributed by atoms with Crippen molar-refractivity contribution in [1.82, 2.24) is 4.90 Å². The van der Waals surface area contributed by atoms with Crippen LogP contribution in [0.1, 0.15) is 18.4 Å². The summed E-state index contributed by atoms with van der Waals surface area (Å²) < 4.78 is 6.84. The van der Waals surface area contributed by atoms with E-state index in [1.807, 2.05) is 0 Å². The molecule has 7 nitrogen and oxygen atoms in total. The van der Waals surface area contributed by atoms with Crippen LogP contribution in [0.5, 0.6) is 5.75 Å². The molecule has 2 aromatic rings. The topological polar surface area (TPSA) is 95.9 Å². The molecule has 0 radical (unpaired) electrons. The number of halogens is 2. The van der Waals surface area contributed by atoms with Crippen molar-refractivity contribution >= 4 is 85.4 Å². The van der Waals surface area contributed by atoms with Crippen LogP contribution in [0, 0.1) is 0 Å². The molecule has 1 aliphatic heterocycles. The average Bonchev–Trinajstić information content (AvgIpc) is 3.02. The monoisotopic (exact) mass is 568 g/mol. The van der Waals surface area contributed by atoms with Gasteiger partial charge >= 0.3 is 5.97 Å². The van der Waals surface area contributed by atoms with Gasteiger partial charge in [-0.1, -0.05) is 51.5 Å². The van der Waals surface area contributed by atoms with Gasteiger partial charge in [-0.25, -0.2) is 0 Å². The summed E-state index contributed by atoms with van der Waals surface area (Å²) in [4.78, 5) is 37.5. The second-order valence-corrected chi connectivity index (χ2v) is 9.88. The number of thioether (sulfide) groups is 1. The van der Waals surface area contributed by atoms with Gasteiger partial charge in [0.15, 0.2) is 6.61 Å². The summed E-state index contributed by atoms with van der Waals surface area (Å²) in [6.07, 6.45) is 1.91. The molecule has 2 aromatic carbocycles. The Morgan fingerprint density at radius 3 is 2.67 bits per heavy atom. The molecule has 1 fully saturated rings. The Balaban J connectivity index is 1.69. The third-order valence-corrected chi connectivity index (χ3v) is 6.51. The minimum atomic E-state index is -0.924. The minimum absolute atomic E-state index is 0.0438. The fraction of sp³-hybridized carbons (Fsp3) is 0.182. The lowest BCUT2D eigenvalue weighted by Gasteiger charge is -2.13. The average molecular weight is 570 g/mol. The maximum absolute atomic E-state index is 12.8. The van der Waals surface area contributed by atoms with Crippen LogP contribution < -0.4 is 10.1 Å². The van der Waals surface area contributed by atoms with Crippen molar-refractivity contribution in [2.75, 3.05) is 18.5 Å². The van der Waals surface area contributed by atoms with Crippen LogP contribution in [0.2, 0.25) is 5.02 Å². The first-order valence-corrected chi connectivity index (χ1v) is 12.1. The van der Waals surface area contributed by atoms with Gasteiger partial charge in [0.25, 0.3) is 11.8 Å². The van der Waals surface area contributed by atoms with Gasteiger partial charge in [0.05, 0.1) is 4.91 Å². The Bertz CT molecular complexity index is 1120. The SMILES string of the molecule is O=C(O)CCCN1C(=O)/C(=C/c2cc(Br)ccc2OCC(=O)Nc2ccc(Cl)cc2)SC1=S. The number of carboxylic acid groups (broad SMARTS) is 1. The molecule has 1 aliphatic rings. The van der Waals surface area contributed by atoms with Crippen molar-refractivity contribution < 1.29 is 24.2 Å². The number of carbonyl (C=O) groups is 3. The number of nitrogens with one attached hydrogen (secondary N) is 1. The van der Waals surface area contributed by atoms with Crippen LogP contribution in [0.3, 0.4) is 0 Å². The molecule has 0 aliphatic carbocycles. The summed E-state index contributed by atoms with van der Waals surface area (Å²) in [5, 5.41) is 12.1. The van der Waals surface area contributed by atoms with E-state index in [0.29, 0.717) is 37.7 Å². The molecule has 2 amide bonds. The number of thiocarbonyl (C=S) groups is 1. The highest BCUT2D eigenvalue weighted by atomic mass is 79.9. The van der Waals surface area contributed by atoms with E-state index in [1.165, 1.54) is 4.90 Å². The van der Waals surface area contributed by atoms with Gasteiger partial charge < -0.3 is 15.2 Å². The highest BCUT2D eigenvalue weighted by Gasteiger charge is 2.32. The zero-order valence-electron chi connectivity index (χ0n) is 17.0. The van der Waals surface area contributed by atoms with Gasteiger partial charge in [-0.3, -0.25) is 19.3 Å². The quantitative estimate of drug-likeness (QED) is 0.317. The van der Waals surface area contributed by atoms with Crippen molar-refractivity contribution in [3.05, 3.63) is 62.4 Å². The number of benzene rings is 2. The summed E-state index contributed by atoms with van der Waals surface area (Å²) in [6.45, 7) is 0.00225. The molecular formula is C22H18BrClN2O5S2. The summed E-state index contributed by atoms with van der Waals surface area (Å²) >= 11 is 15.7. The van der Waals surface area contributed by atoms with Crippen molar-refractivity contribution in [2.45, 2.75) is 12.8 Å². The zero-order valence-corrected chi connectivity index (χ0v) is 21.0. The minimum Gasteiger partial charge on any atom is -0.483 e. The lowest BCUT2D eigenvalue weighted by molar-refractivity contribution is -0.137. The number of carbonyl (C=O) groups excluding carboxylic acids is 2. The van der Waals surface area contributed by atoms with E-state index in [4.69, 9.17) is 33.7 Å². The van der Waals surface area contributed by atoms with Crippen molar-refractivity contribution in [2.24, 2.45) is 0 Å². The molecule has 3 rings (SSSR count). The van der Waals surface area contributed by atoms with Gasteiger partial charge in [0, 0.05) is 33.7 Å². The van der Waals surface area contributed by atoms with Crippen LogP contribution in [-0.4, -0.2) is 45.3 Å². The summed E-state index contributed by atoms with van der Waals surface area (Å²) in [5.74, 6) is -1.15. The van der Waals surface area contributed by atoms with E-state index in [2.05, 4.69) is 21.2 Å². The number of ether oxygens (including phenoxy) is 1. The Kier molecular flexibility index (Phi) is 8.90. The number of rotatable bonds is 9. The van der Waals surface area contributed by atoms with Gasteiger partial charge in [-0.15, -0.1) is 0 Å². The summed E-state index contributed by atoms with van der Waals surface area (Å²) in [6, 6.07) is 11.9. The van der Waals surface area contributed by atoms with Crippen LogP contribution in [0.4, 0.5) is 5.69 Å². The van der Waals surface area contributed by atoms with Crippen LogP contribution in [-0.2, 0) is 14.4 Å². The van der Waals surface area contributed by atoms with Crippen LogP contribution in [0.15, 0.2) is 51.8 Å². The number of anilines is 1. The Labute approximate surface area is 213 Å². The first-order valence-electron chi connectivity index (χ1n) is 9.68. The van der Waals surface area contributed by atoms with E-state index in [1.54, 1.807) is 48.5 Å². The van der Waals surface area contributed by atoms with Gasteiger partial charge in [-0.2, -0.15) is 0 Å². The molecule has 0 aromatic heterocycles. The first-order chi connectivity index (χ1) is 15.7. The smallest absolute Gasteiger partial charge is 0.303 e. The predicted octanol–water partition coefficient (Wildman–Crippen LogP) is 5.19. The van der Waals surface area contributed by atoms with Crippen molar-refractivity contribution in [3.63, 3.8) is 0 Å². The number of hydrogen-bond acceptors (Lipinski definition) is 6. The number of amides is 2. The standard InChI is InChI=1S/C22H18BrClN2O5S2/c23-14-3-8-17(31-12-19(27)25-16-6-4-15(24)5-7-16)13(10-14)11-18-21(30)26(22(32)33-18)9-1-2-20(28)29/h3-8,10-11H,1-2,9,12H2,(H,25,27)(H,28,29)/b18-11-. The number of nitrogens with zero attached hydrogens (tertiary/aromatic N) is 1. The summed E-state index contributed by atoms with van der Waals surface area (Å²) in [7, 11) is 0. The van der Waals surface area contributed by atoms with Crippen LogP contribution >= 0.6 is 51.5 Å². The first kappa shape index (κ1) is 25.2. The second-order valence-electron chi connectivity index (χ2n) is 6.86. The predicted molar refractivity (Wildman–Crippen MR) is 136 cm³/mol. The van der Waals surface area contributed by atoms with E-state index in [0.717, 1.165) is 16.2 Å². The molecule has 1 heterocycles. The van der Waals surface area contributed by atoms with Crippen molar-refractivity contribution in [1.29, 1.82) is 0 Å². The highest BCUT2D eigenvalue weighted by molar-refractivity contribution is 9.10. The van der Waals surface area contributed by atoms with Gasteiger partial charge in [0.2, 0.25) is 0 Å².